The van der Waals surface area contributed by atoms with E-state index in [2.05, 4.69) is 6.92 Å². The minimum Gasteiger partial charge on any atom is -0.478 e. The fourth-order valence-electron chi connectivity index (χ4n) is 2.09. The number of amides is 1. The van der Waals surface area contributed by atoms with Gasteiger partial charge in [0.25, 0.3) is 5.97 Å². The normalized spacial score (nSPS) is 26.4. The number of rotatable bonds is 2. The Balaban J connectivity index is 0.00000162. The summed E-state index contributed by atoms with van der Waals surface area (Å²) in [4.78, 5) is 27.0. The number of thioether (sulfide) groups is 1. The molecule has 0 radical (unpaired) electrons. The van der Waals surface area contributed by atoms with E-state index in [1.54, 1.807) is 11.8 Å². The average Bonchev–Trinajstić information content (AvgIpc) is 2.28. The predicted octanol–water partition coefficient (Wildman–Crippen LogP) is 0.0904. The summed E-state index contributed by atoms with van der Waals surface area (Å²) in [5.41, 5.74) is 0.975. The minimum absolute atomic E-state index is 0. The van der Waals surface area contributed by atoms with E-state index in [9.17, 15) is 9.59 Å². The maximum Gasteiger partial charge on any atom is 2.00 e. The number of carbonyl (C=O) groups is 2. The van der Waals surface area contributed by atoms with Gasteiger partial charge in [-0.15, -0.1) is 11.8 Å². The molecular weight excluding hydrogens is 424 g/mol. The zero-order valence-electron chi connectivity index (χ0n) is 10.5. The van der Waals surface area contributed by atoms with Crippen molar-refractivity contribution in [1.82, 2.24) is 9.80 Å². The third-order valence-electron chi connectivity index (χ3n) is 2.95. The Kier molecular flexibility index (Phi) is 4.92. The molecule has 2 atom stereocenters. The second-order valence-electron chi connectivity index (χ2n) is 4.26. The zero-order chi connectivity index (χ0) is 12.7. The van der Waals surface area contributed by atoms with Gasteiger partial charge in [0.15, 0.2) is 0 Å². The first-order valence-corrected chi connectivity index (χ1v) is 6.28. The molecule has 18 heavy (non-hydrogen) atoms. The van der Waals surface area contributed by atoms with Crippen molar-refractivity contribution in [3.8, 4) is 0 Å². The summed E-state index contributed by atoms with van der Waals surface area (Å²) >= 11 is 1.63. The van der Waals surface area contributed by atoms with Crippen molar-refractivity contribution < 1.29 is 35.4 Å². The van der Waals surface area contributed by atoms with Gasteiger partial charge in [-0.3, -0.25) is 14.5 Å². The van der Waals surface area contributed by atoms with Crippen LogP contribution in [0.3, 0.4) is 0 Å². The third-order valence-corrected chi connectivity index (χ3v) is 4.28. The predicted molar refractivity (Wildman–Crippen MR) is 65.0 cm³/mol. The molecule has 0 saturated carbocycles. The van der Waals surface area contributed by atoms with Gasteiger partial charge in [-0.25, -0.2) is 6.92 Å². The van der Waals surface area contributed by atoms with Gasteiger partial charge < -0.3 is 9.64 Å². The van der Waals surface area contributed by atoms with Crippen molar-refractivity contribution in [2.75, 3.05) is 27.0 Å². The van der Waals surface area contributed by atoms with Crippen molar-refractivity contribution in [1.29, 1.82) is 0 Å². The first-order valence-electron chi connectivity index (χ1n) is 5.23. The van der Waals surface area contributed by atoms with E-state index < -0.39 is 5.97 Å². The number of ether oxygens (including phenoxy) is 1. The van der Waals surface area contributed by atoms with Crippen LogP contribution < -0.4 is 0 Å². The summed E-state index contributed by atoms with van der Waals surface area (Å²) < 4.78 is 4.70. The SMILES string of the molecule is [CH2-]C1=C(C(=O)OC)N2C(=O)C(N(C)C)C2SC1.[W+2]. The van der Waals surface area contributed by atoms with Crippen LogP contribution in [0.15, 0.2) is 11.3 Å². The Bertz CT molecular complexity index is 411. The maximum atomic E-state index is 12.0. The van der Waals surface area contributed by atoms with Gasteiger partial charge in [-0.2, -0.15) is 5.57 Å². The van der Waals surface area contributed by atoms with Gasteiger partial charge in [0.2, 0.25) is 5.91 Å². The summed E-state index contributed by atoms with van der Waals surface area (Å²) in [5.74, 6) is 0.114. The number of esters is 1. The summed E-state index contributed by atoms with van der Waals surface area (Å²) in [5, 5.41) is -0.00269. The molecule has 98 valence electrons. The van der Waals surface area contributed by atoms with E-state index in [-0.39, 0.29) is 38.4 Å². The average molecular weight is 439 g/mol. The molecule has 2 heterocycles. The molecule has 1 amide bonds. The van der Waals surface area contributed by atoms with Crippen molar-refractivity contribution in [3.05, 3.63) is 18.2 Å². The molecule has 0 aliphatic carbocycles. The van der Waals surface area contributed by atoms with Gasteiger partial charge in [0.1, 0.15) is 6.04 Å². The summed E-state index contributed by atoms with van der Waals surface area (Å²) in [6.45, 7) is 3.82. The molecule has 0 N–H and O–H groups in total. The van der Waals surface area contributed by atoms with Crippen LogP contribution in [0.2, 0.25) is 0 Å². The van der Waals surface area contributed by atoms with Gasteiger partial charge in [-0.1, -0.05) is 0 Å². The maximum absolute atomic E-state index is 12.0. The van der Waals surface area contributed by atoms with Crippen LogP contribution in [-0.2, 0) is 35.4 Å². The van der Waals surface area contributed by atoms with E-state index >= 15 is 0 Å². The molecule has 0 aromatic carbocycles. The Hall–Kier alpha value is -0.452. The number of hydrogen-bond acceptors (Lipinski definition) is 5. The number of methoxy groups -OCH3 is 1. The molecule has 2 aliphatic heterocycles. The Morgan fingerprint density at radius 2 is 2.17 bits per heavy atom. The van der Waals surface area contributed by atoms with Crippen LogP contribution in [0.1, 0.15) is 0 Å². The number of nitrogens with zero attached hydrogens (tertiary/aromatic N) is 2. The third kappa shape index (κ3) is 2.21. The van der Waals surface area contributed by atoms with Crippen molar-refractivity contribution in [2.45, 2.75) is 11.4 Å². The summed E-state index contributed by atoms with van der Waals surface area (Å²) in [6.07, 6.45) is 0. The van der Waals surface area contributed by atoms with Gasteiger partial charge in [-0.05, 0) is 25.5 Å². The number of hydrogen-bond donors (Lipinski definition) is 0. The fourth-order valence-corrected chi connectivity index (χ4v) is 3.50. The van der Waals surface area contributed by atoms with Crippen molar-refractivity contribution in [2.24, 2.45) is 0 Å². The van der Waals surface area contributed by atoms with E-state index in [1.807, 2.05) is 19.0 Å². The Morgan fingerprint density at radius 1 is 1.56 bits per heavy atom. The van der Waals surface area contributed by atoms with Gasteiger partial charge in [0.05, 0.1) is 12.5 Å². The van der Waals surface area contributed by atoms with Crippen LogP contribution >= 0.6 is 11.8 Å². The van der Waals surface area contributed by atoms with E-state index in [0.29, 0.717) is 17.0 Å². The fraction of sp³-hybridized carbons (Fsp3) is 0.545. The second kappa shape index (κ2) is 5.68. The molecule has 0 bridgehead atoms. The molecule has 0 aromatic rings. The van der Waals surface area contributed by atoms with E-state index in [1.165, 1.54) is 12.0 Å². The molecule has 2 unspecified atom stereocenters. The largest absolute Gasteiger partial charge is 2.00 e. The molecule has 0 spiro atoms. The number of likely N-dealkylation sites (N-methyl/N-ethyl adjacent to an activating group) is 1. The molecule has 2 rings (SSSR count). The quantitative estimate of drug-likeness (QED) is 0.347. The number of carbonyl (C=O) groups excluding carboxylic acids is 2. The standard InChI is InChI=1S/C11H15N2O3S.W/c1-6-5-17-10-8(12(2)3)9(14)13(10)7(6)11(15)16-4;/h8,10H,1,5H2,2-4H3;/q-1;+2. The van der Waals surface area contributed by atoms with Crippen LogP contribution in [0, 0.1) is 6.92 Å². The summed E-state index contributed by atoms with van der Waals surface area (Å²) in [7, 11) is 5.04. The molecule has 2 aliphatic rings. The monoisotopic (exact) mass is 439 g/mol. The van der Waals surface area contributed by atoms with Crippen molar-refractivity contribution in [3.63, 3.8) is 0 Å². The smallest absolute Gasteiger partial charge is 0.478 e. The summed E-state index contributed by atoms with van der Waals surface area (Å²) in [6, 6.07) is -0.159. The van der Waals surface area contributed by atoms with Gasteiger partial charge in [0, 0.05) is 0 Å². The van der Waals surface area contributed by atoms with Crippen LogP contribution in [0.5, 0.6) is 0 Å². The number of β-lactam (4-membered cyclic amide) rings is 1. The molecule has 1 saturated heterocycles. The Labute approximate surface area is 125 Å². The first kappa shape index (κ1) is 15.6. The second-order valence-corrected chi connectivity index (χ2v) is 5.37. The topological polar surface area (TPSA) is 49.9 Å². The zero-order valence-corrected chi connectivity index (χ0v) is 14.3. The van der Waals surface area contributed by atoms with Crippen molar-refractivity contribution >= 4 is 23.6 Å². The van der Waals surface area contributed by atoms with E-state index in [4.69, 9.17) is 4.74 Å². The van der Waals surface area contributed by atoms with Crippen LogP contribution in [-0.4, -0.2) is 60.1 Å². The molecule has 0 aromatic heterocycles. The molecule has 1 fully saturated rings. The van der Waals surface area contributed by atoms with Crippen LogP contribution in [0.4, 0.5) is 0 Å². The van der Waals surface area contributed by atoms with Crippen LogP contribution in [0.25, 0.3) is 0 Å². The first-order chi connectivity index (χ1) is 7.99. The molecule has 7 heteroatoms. The van der Waals surface area contributed by atoms with E-state index in [0.717, 1.165) is 0 Å². The molecule has 5 nitrogen and oxygen atoms in total. The van der Waals surface area contributed by atoms with Gasteiger partial charge >= 0.3 is 21.1 Å². The minimum atomic E-state index is -0.481. The number of fused-ring (bicyclic) bond motifs is 1. The molecular formula is C11H15N2O3SW+. The Morgan fingerprint density at radius 3 is 2.67 bits per heavy atom.